The highest BCUT2D eigenvalue weighted by molar-refractivity contribution is 6.88. The van der Waals surface area contributed by atoms with Crippen molar-refractivity contribution in [2.75, 3.05) is 0 Å². The average Bonchev–Trinajstić information content (AvgIpc) is 2.63. The molecule has 0 bridgehead atoms. The van der Waals surface area contributed by atoms with Crippen molar-refractivity contribution in [1.82, 2.24) is 4.57 Å². The molecule has 19 heavy (non-hydrogen) atoms. The maximum Gasteiger partial charge on any atom is 0.188 e. The number of nitrogens with zero attached hydrogens (tertiary/aromatic N) is 2. The smallest absolute Gasteiger partial charge is 0.188 e. The van der Waals surface area contributed by atoms with Crippen molar-refractivity contribution in [3.05, 3.63) is 42.2 Å². The van der Waals surface area contributed by atoms with Gasteiger partial charge in [0.25, 0.3) is 0 Å². The Morgan fingerprint density at radius 2 is 2.11 bits per heavy atom. The maximum atomic E-state index is 13.5. The van der Waals surface area contributed by atoms with E-state index in [1.807, 2.05) is 6.08 Å². The third-order valence-corrected chi connectivity index (χ3v) is 5.14. The molecule has 0 aliphatic carbocycles. The molecule has 0 N–H and O–H groups in total. The van der Waals surface area contributed by atoms with Gasteiger partial charge in [-0.05, 0) is 30.2 Å². The molecular weight excluding hydrogens is 255 g/mol. The van der Waals surface area contributed by atoms with Gasteiger partial charge in [0.15, 0.2) is 6.19 Å². The summed E-state index contributed by atoms with van der Waals surface area (Å²) in [5.41, 5.74) is 1.84. The summed E-state index contributed by atoms with van der Waals surface area (Å²) < 4.78 is 15.2. The standard InChI is InChI=1S/C15H17FN2Si/c1-5-6-12-13-9-11(16)7-8-14(13)18(10-17)15(12)19(2,3)4/h5,7-9H,1,6H2,2-4H3. The Balaban J connectivity index is 2.95. The number of hydrogen-bond acceptors (Lipinski definition) is 1. The van der Waals surface area contributed by atoms with Crippen LogP contribution in [0.3, 0.4) is 0 Å². The van der Waals surface area contributed by atoms with Crippen LogP contribution in [0.25, 0.3) is 10.9 Å². The van der Waals surface area contributed by atoms with Gasteiger partial charge in [0, 0.05) is 10.7 Å². The fourth-order valence-electron chi connectivity index (χ4n) is 2.57. The largest absolute Gasteiger partial charge is 0.255 e. The van der Waals surface area contributed by atoms with E-state index in [2.05, 4.69) is 32.4 Å². The number of hydrogen-bond donors (Lipinski definition) is 0. The summed E-state index contributed by atoms with van der Waals surface area (Å²) >= 11 is 0. The quantitative estimate of drug-likeness (QED) is 0.622. The minimum atomic E-state index is -1.71. The first-order valence-corrected chi connectivity index (χ1v) is 9.74. The molecule has 1 heterocycles. The summed E-state index contributed by atoms with van der Waals surface area (Å²) in [6.07, 6.45) is 4.71. The fourth-order valence-corrected chi connectivity index (χ4v) is 4.55. The molecule has 0 aliphatic rings. The van der Waals surface area contributed by atoms with Gasteiger partial charge in [0.05, 0.1) is 5.52 Å². The van der Waals surface area contributed by atoms with Gasteiger partial charge in [0.2, 0.25) is 0 Å². The van der Waals surface area contributed by atoms with Crippen molar-refractivity contribution < 1.29 is 4.39 Å². The Labute approximate surface area is 113 Å². The first-order valence-electron chi connectivity index (χ1n) is 6.24. The predicted octanol–water partition coefficient (Wildman–Crippen LogP) is 3.38. The monoisotopic (exact) mass is 272 g/mol. The zero-order valence-electron chi connectivity index (χ0n) is 11.5. The van der Waals surface area contributed by atoms with E-state index in [1.165, 1.54) is 12.1 Å². The van der Waals surface area contributed by atoms with Crippen LogP contribution >= 0.6 is 0 Å². The molecule has 2 rings (SSSR count). The highest BCUT2D eigenvalue weighted by Crippen LogP contribution is 2.24. The lowest BCUT2D eigenvalue weighted by atomic mass is 10.1. The minimum Gasteiger partial charge on any atom is -0.255 e. The Bertz CT molecular complexity index is 687. The highest BCUT2D eigenvalue weighted by Gasteiger charge is 2.27. The number of allylic oxidation sites excluding steroid dienone is 1. The molecule has 0 spiro atoms. The molecule has 0 amide bonds. The van der Waals surface area contributed by atoms with Crippen LogP contribution in [-0.4, -0.2) is 12.6 Å². The van der Waals surface area contributed by atoms with Crippen LogP contribution in [0.15, 0.2) is 30.9 Å². The number of aromatic nitrogens is 1. The Hall–Kier alpha value is -1.86. The van der Waals surface area contributed by atoms with Crippen LogP contribution in [-0.2, 0) is 6.42 Å². The first kappa shape index (κ1) is 13.6. The van der Waals surface area contributed by atoms with Gasteiger partial charge in [-0.15, -0.1) is 6.58 Å². The number of fused-ring (bicyclic) bond motifs is 1. The van der Waals surface area contributed by atoms with E-state index in [0.717, 1.165) is 21.8 Å². The van der Waals surface area contributed by atoms with Crippen molar-refractivity contribution in [2.24, 2.45) is 0 Å². The van der Waals surface area contributed by atoms with Gasteiger partial charge in [-0.25, -0.2) is 4.39 Å². The van der Waals surface area contributed by atoms with Crippen molar-refractivity contribution >= 4 is 24.3 Å². The summed E-state index contributed by atoms with van der Waals surface area (Å²) in [6, 6.07) is 4.61. The molecule has 0 fully saturated rings. The molecular formula is C15H17FN2Si. The van der Waals surface area contributed by atoms with E-state index in [1.54, 1.807) is 10.6 Å². The zero-order valence-corrected chi connectivity index (χ0v) is 12.5. The second-order valence-corrected chi connectivity index (χ2v) is 10.6. The van der Waals surface area contributed by atoms with E-state index >= 15 is 0 Å². The van der Waals surface area contributed by atoms with Gasteiger partial charge >= 0.3 is 0 Å². The Kier molecular flexibility index (Phi) is 3.33. The summed E-state index contributed by atoms with van der Waals surface area (Å²) in [4.78, 5) is 0. The van der Waals surface area contributed by atoms with Gasteiger partial charge in [-0.1, -0.05) is 25.7 Å². The number of benzene rings is 1. The Morgan fingerprint density at radius 1 is 1.42 bits per heavy atom. The van der Waals surface area contributed by atoms with Crippen LogP contribution in [0.1, 0.15) is 5.56 Å². The van der Waals surface area contributed by atoms with Crippen LogP contribution < -0.4 is 5.32 Å². The second kappa shape index (κ2) is 4.67. The molecule has 0 unspecified atom stereocenters. The summed E-state index contributed by atoms with van der Waals surface area (Å²) in [6.45, 7) is 10.4. The van der Waals surface area contributed by atoms with Crippen LogP contribution in [0, 0.1) is 17.3 Å². The van der Waals surface area contributed by atoms with E-state index in [4.69, 9.17) is 0 Å². The number of halogens is 1. The van der Waals surface area contributed by atoms with Crippen molar-refractivity contribution in [2.45, 2.75) is 26.1 Å². The molecule has 0 radical (unpaired) electrons. The van der Waals surface area contributed by atoms with Crippen molar-refractivity contribution in [3.8, 4) is 6.19 Å². The predicted molar refractivity (Wildman–Crippen MR) is 79.8 cm³/mol. The van der Waals surface area contributed by atoms with E-state index in [9.17, 15) is 9.65 Å². The van der Waals surface area contributed by atoms with Gasteiger partial charge < -0.3 is 0 Å². The van der Waals surface area contributed by atoms with E-state index < -0.39 is 8.07 Å². The molecule has 4 heteroatoms. The average molecular weight is 272 g/mol. The summed E-state index contributed by atoms with van der Waals surface area (Å²) in [5.74, 6) is -0.268. The molecule has 2 nitrogen and oxygen atoms in total. The van der Waals surface area contributed by atoms with E-state index in [0.29, 0.717) is 6.42 Å². The molecule has 0 aliphatic heterocycles. The molecule has 0 saturated heterocycles. The topological polar surface area (TPSA) is 28.7 Å². The lowest BCUT2D eigenvalue weighted by Crippen LogP contribution is -2.44. The molecule has 2 aromatic rings. The zero-order chi connectivity index (χ0) is 14.2. The highest BCUT2D eigenvalue weighted by atomic mass is 28.3. The third-order valence-electron chi connectivity index (χ3n) is 3.19. The fraction of sp³-hybridized carbons (Fsp3) is 0.267. The Morgan fingerprint density at radius 3 is 2.63 bits per heavy atom. The van der Waals surface area contributed by atoms with Crippen LogP contribution in [0.5, 0.6) is 0 Å². The molecule has 0 atom stereocenters. The molecule has 0 saturated carbocycles. The normalized spacial score (nSPS) is 11.5. The molecule has 1 aromatic carbocycles. The van der Waals surface area contributed by atoms with Crippen molar-refractivity contribution in [3.63, 3.8) is 0 Å². The van der Waals surface area contributed by atoms with Crippen LogP contribution in [0.2, 0.25) is 19.6 Å². The summed E-state index contributed by atoms with van der Waals surface area (Å²) in [7, 11) is -1.71. The molecule has 1 aromatic heterocycles. The van der Waals surface area contributed by atoms with E-state index in [-0.39, 0.29) is 5.82 Å². The second-order valence-electron chi connectivity index (χ2n) is 5.67. The SMILES string of the molecule is C=CCc1c([Si](C)(C)C)n(C#N)c2ccc(F)cc12. The van der Waals surface area contributed by atoms with Gasteiger partial charge in [-0.2, -0.15) is 5.26 Å². The first-order chi connectivity index (χ1) is 8.90. The third kappa shape index (κ3) is 2.22. The summed E-state index contributed by atoms with van der Waals surface area (Å²) in [5, 5.41) is 11.3. The molecule has 98 valence electrons. The number of nitriles is 1. The lowest BCUT2D eigenvalue weighted by molar-refractivity contribution is 0.629. The van der Waals surface area contributed by atoms with Crippen molar-refractivity contribution in [1.29, 1.82) is 5.26 Å². The maximum absolute atomic E-state index is 13.5. The van der Waals surface area contributed by atoms with Gasteiger partial charge in [-0.3, -0.25) is 4.57 Å². The minimum absolute atomic E-state index is 0.268. The number of rotatable bonds is 3. The lowest BCUT2D eigenvalue weighted by Gasteiger charge is -2.18. The van der Waals surface area contributed by atoms with Gasteiger partial charge in [0.1, 0.15) is 13.9 Å². The van der Waals surface area contributed by atoms with Crippen LogP contribution in [0.4, 0.5) is 4.39 Å².